The van der Waals surface area contributed by atoms with Gasteiger partial charge in [-0.1, -0.05) is 36.4 Å². The fourth-order valence-corrected chi connectivity index (χ4v) is 3.24. The highest BCUT2D eigenvalue weighted by molar-refractivity contribution is 5.83. The Balaban J connectivity index is 1.70. The molecule has 0 saturated heterocycles. The van der Waals surface area contributed by atoms with Crippen LogP contribution in [0.15, 0.2) is 53.5 Å². The van der Waals surface area contributed by atoms with E-state index in [-0.39, 0.29) is 17.1 Å². The van der Waals surface area contributed by atoms with Gasteiger partial charge in [0.1, 0.15) is 5.39 Å². The molecular weight excluding hydrogens is 338 g/mol. The second-order valence-electron chi connectivity index (χ2n) is 7.85. The van der Waals surface area contributed by atoms with Crippen molar-refractivity contribution in [1.29, 1.82) is 0 Å². The minimum absolute atomic E-state index is 0.0128. The number of rotatable bonds is 3. The number of fused-ring (bicyclic) bond motifs is 2. The van der Waals surface area contributed by atoms with Gasteiger partial charge in [-0.2, -0.15) is 10.1 Å². The molecule has 0 aliphatic rings. The van der Waals surface area contributed by atoms with Crippen LogP contribution in [0.4, 0.5) is 5.95 Å². The van der Waals surface area contributed by atoms with Gasteiger partial charge in [0.05, 0.1) is 17.8 Å². The molecule has 27 heavy (non-hydrogen) atoms. The molecule has 1 atom stereocenters. The van der Waals surface area contributed by atoms with E-state index in [0.29, 0.717) is 17.0 Å². The van der Waals surface area contributed by atoms with Crippen LogP contribution in [-0.2, 0) is 5.54 Å². The highest BCUT2D eigenvalue weighted by Gasteiger charge is 2.20. The molecule has 4 rings (SSSR count). The standard InChI is InChI=1S/C21H23N5O/c1-13(15-10-9-14-7-5-6-8-16(14)11-15)23-20-24-18-17(19(27)25-20)12-22-26(18)21(2,3)4/h5-13H,1-4H3,(H2,23,24,25,27). The molecule has 4 aromatic rings. The second-order valence-corrected chi connectivity index (χ2v) is 7.85. The van der Waals surface area contributed by atoms with Crippen molar-refractivity contribution in [3.05, 3.63) is 64.6 Å². The van der Waals surface area contributed by atoms with Crippen molar-refractivity contribution in [2.75, 3.05) is 5.32 Å². The van der Waals surface area contributed by atoms with Crippen LogP contribution < -0.4 is 10.9 Å². The van der Waals surface area contributed by atoms with Crippen molar-refractivity contribution >= 4 is 27.8 Å². The summed E-state index contributed by atoms with van der Waals surface area (Å²) >= 11 is 0. The predicted molar refractivity (Wildman–Crippen MR) is 109 cm³/mol. The van der Waals surface area contributed by atoms with Crippen LogP contribution in [0.25, 0.3) is 21.8 Å². The summed E-state index contributed by atoms with van der Waals surface area (Å²) in [5.41, 5.74) is 1.26. The number of benzene rings is 2. The van der Waals surface area contributed by atoms with Crippen LogP contribution in [-0.4, -0.2) is 19.7 Å². The summed E-state index contributed by atoms with van der Waals surface area (Å²) in [6.45, 7) is 8.16. The number of H-pyrrole nitrogens is 1. The molecule has 138 valence electrons. The van der Waals surface area contributed by atoms with E-state index in [1.54, 1.807) is 10.9 Å². The minimum Gasteiger partial charge on any atom is -0.349 e. The molecule has 2 aromatic heterocycles. The van der Waals surface area contributed by atoms with Crippen LogP contribution in [0.1, 0.15) is 39.3 Å². The molecule has 2 aromatic carbocycles. The average Bonchev–Trinajstić information content (AvgIpc) is 3.06. The molecule has 2 heterocycles. The number of hydrogen-bond donors (Lipinski definition) is 2. The lowest BCUT2D eigenvalue weighted by atomic mass is 10.0. The monoisotopic (exact) mass is 361 g/mol. The van der Waals surface area contributed by atoms with Crippen molar-refractivity contribution in [1.82, 2.24) is 19.7 Å². The Bertz CT molecular complexity index is 1180. The first-order chi connectivity index (χ1) is 12.8. The van der Waals surface area contributed by atoms with E-state index in [9.17, 15) is 4.79 Å². The van der Waals surface area contributed by atoms with Gasteiger partial charge in [0.25, 0.3) is 5.56 Å². The zero-order valence-corrected chi connectivity index (χ0v) is 15.9. The third kappa shape index (κ3) is 3.18. The topological polar surface area (TPSA) is 75.6 Å². The predicted octanol–water partition coefficient (Wildman–Crippen LogP) is 4.20. The lowest BCUT2D eigenvalue weighted by Gasteiger charge is -2.20. The van der Waals surface area contributed by atoms with Crippen molar-refractivity contribution < 1.29 is 0 Å². The summed E-state index contributed by atoms with van der Waals surface area (Å²) in [5, 5.41) is 10.5. The first kappa shape index (κ1) is 17.3. The van der Waals surface area contributed by atoms with E-state index >= 15 is 0 Å². The molecule has 6 nitrogen and oxygen atoms in total. The third-order valence-electron chi connectivity index (χ3n) is 4.70. The van der Waals surface area contributed by atoms with Gasteiger partial charge >= 0.3 is 0 Å². The van der Waals surface area contributed by atoms with Crippen molar-refractivity contribution in [2.24, 2.45) is 0 Å². The van der Waals surface area contributed by atoms with Gasteiger partial charge in [-0.05, 0) is 50.1 Å². The third-order valence-corrected chi connectivity index (χ3v) is 4.70. The minimum atomic E-state index is -0.260. The highest BCUT2D eigenvalue weighted by atomic mass is 16.1. The average molecular weight is 361 g/mol. The fourth-order valence-electron chi connectivity index (χ4n) is 3.24. The zero-order valence-electron chi connectivity index (χ0n) is 15.9. The Labute approximate surface area is 157 Å². The lowest BCUT2D eigenvalue weighted by Crippen LogP contribution is -2.24. The Kier molecular flexibility index (Phi) is 3.98. The van der Waals surface area contributed by atoms with Gasteiger partial charge in [0, 0.05) is 0 Å². The Morgan fingerprint density at radius 1 is 1.11 bits per heavy atom. The van der Waals surface area contributed by atoms with E-state index in [1.807, 2.05) is 32.9 Å². The van der Waals surface area contributed by atoms with E-state index in [0.717, 1.165) is 5.56 Å². The van der Waals surface area contributed by atoms with Crippen LogP contribution in [0.3, 0.4) is 0 Å². The maximum atomic E-state index is 12.4. The van der Waals surface area contributed by atoms with Gasteiger partial charge in [-0.3, -0.25) is 9.78 Å². The molecule has 0 amide bonds. The van der Waals surface area contributed by atoms with E-state index in [4.69, 9.17) is 0 Å². The summed E-state index contributed by atoms with van der Waals surface area (Å²) < 4.78 is 1.78. The summed E-state index contributed by atoms with van der Waals surface area (Å²) in [5.74, 6) is 0.444. The quantitative estimate of drug-likeness (QED) is 0.573. The molecule has 0 spiro atoms. The summed E-state index contributed by atoms with van der Waals surface area (Å²) in [4.78, 5) is 19.9. The molecule has 0 bridgehead atoms. The first-order valence-electron chi connectivity index (χ1n) is 9.07. The normalized spacial score (nSPS) is 13.2. The molecule has 1 unspecified atom stereocenters. The largest absolute Gasteiger partial charge is 0.349 e. The molecule has 2 N–H and O–H groups in total. The molecule has 0 aliphatic heterocycles. The number of anilines is 1. The number of aromatic amines is 1. The second kappa shape index (κ2) is 6.23. The molecule has 6 heteroatoms. The molecule has 0 fully saturated rings. The van der Waals surface area contributed by atoms with Crippen LogP contribution in [0.2, 0.25) is 0 Å². The highest BCUT2D eigenvalue weighted by Crippen LogP contribution is 2.23. The van der Waals surface area contributed by atoms with Crippen molar-refractivity contribution in [3.8, 4) is 0 Å². The van der Waals surface area contributed by atoms with Crippen molar-refractivity contribution in [3.63, 3.8) is 0 Å². The smallest absolute Gasteiger partial charge is 0.263 e. The lowest BCUT2D eigenvalue weighted by molar-refractivity contribution is 0.366. The van der Waals surface area contributed by atoms with E-state index < -0.39 is 0 Å². The van der Waals surface area contributed by atoms with Gasteiger partial charge in [-0.25, -0.2) is 4.68 Å². The van der Waals surface area contributed by atoms with Gasteiger partial charge in [0.15, 0.2) is 5.65 Å². The van der Waals surface area contributed by atoms with Gasteiger partial charge < -0.3 is 5.32 Å². The number of nitrogens with zero attached hydrogens (tertiary/aromatic N) is 3. The Morgan fingerprint density at radius 2 is 1.85 bits per heavy atom. The Hall–Kier alpha value is -3.15. The maximum Gasteiger partial charge on any atom is 0.263 e. The number of nitrogens with one attached hydrogen (secondary N) is 2. The van der Waals surface area contributed by atoms with Crippen molar-refractivity contribution in [2.45, 2.75) is 39.3 Å². The fraction of sp³-hybridized carbons (Fsp3) is 0.286. The van der Waals surface area contributed by atoms with Crippen LogP contribution in [0.5, 0.6) is 0 Å². The maximum absolute atomic E-state index is 12.4. The molecule has 0 saturated carbocycles. The summed E-state index contributed by atoms with van der Waals surface area (Å²) in [6, 6.07) is 14.6. The first-order valence-corrected chi connectivity index (χ1v) is 9.07. The summed E-state index contributed by atoms with van der Waals surface area (Å²) in [6.07, 6.45) is 1.57. The van der Waals surface area contributed by atoms with E-state index in [1.165, 1.54) is 10.8 Å². The zero-order chi connectivity index (χ0) is 19.2. The van der Waals surface area contributed by atoms with Gasteiger partial charge in [0.2, 0.25) is 5.95 Å². The van der Waals surface area contributed by atoms with E-state index in [2.05, 4.69) is 57.6 Å². The van der Waals surface area contributed by atoms with Crippen LogP contribution in [0, 0.1) is 0 Å². The molecular formula is C21H23N5O. The van der Waals surface area contributed by atoms with Crippen LogP contribution >= 0.6 is 0 Å². The molecule has 0 aliphatic carbocycles. The molecule has 0 radical (unpaired) electrons. The number of aromatic nitrogens is 4. The summed E-state index contributed by atoms with van der Waals surface area (Å²) in [7, 11) is 0. The number of hydrogen-bond acceptors (Lipinski definition) is 4. The Morgan fingerprint density at radius 3 is 2.59 bits per heavy atom. The SMILES string of the molecule is CC(Nc1nc2c(cnn2C(C)(C)C)c(=O)[nH]1)c1ccc2ccccc2c1. The van der Waals surface area contributed by atoms with Gasteiger partial charge in [-0.15, -0.1) is 0 Å².